The summed E-state index contributed by atoms with van der Waals surface area (Å²) in [4.78, 5) is -0.0612. The third-order valence-corrected chi connectivity index (χ3v) is 7.71. The molecule has 0 saturated carbocycles. The van der Waals surface area contributed by atoms with Crippen LogP contribution in [0.5, 0.6) is 0 Å². The molecule has 3 atom stereocenters. The van der Waals surface area contributed by atoms with E-state index in [0.29, 0.717) is 17.7 Å². The van der Waals surface area contributed by atoms with Crippen LogP contribution in [-0.2, 0) is 16.2 Å². The molecule has 3 aromatic carbocycles. The first-order valence-electron chi connectivity index (χ1n) is 10.7. The first-order chi connectivity index (χ1) is 16.1. The first kappa shape index (κ1) is 22.5. The van der Waals surface area contributed by atoms with E-state index in [4.69, 9.17) is 0 Å². The van der Waals surface area contributed by atoms with E-state index < -0.39 is 21.8 Å². The second-order valence-corrected chi connectivity index (χ2v) is 10.1. The molecule has 176 valence electrons. The maximum Gasteiger partial charge on any atom is 0.416 e. The lowest BCUT2D eigenvalue weighted by Crippen LogP contribution is -2.30. The van der Waals surface area contributed by atoms with Crippen molar-refractivity contribution in [2.75, 3.05) is 10.0 Å². The molecule has 0 unspecified atom stereocenters. The van der Waals surface area contributed by atoms with Gasteiger partial charge in [-0.05, 0) is 60.4 Å². The van der Waals surface area contributed by atoms with Crippen molar-refractivity contribution in [3.05, 3.63) is 101 Å². The lowest BCUT2D eigenvalue weighted by Gasteiger charge is -2.37. The van der Waals surface area contributed by atoms with Gasteiger partial charge in [-0.15, -0.1) is 0 Å². The Morgan fingerprint density at radius 1 is 0.941 bits per heavy atom. The number of nitrogens with one attached hydrogen (secondary N) is 2. The molecule has 0 fully saturated rings. The quantitative estimate of drug-likeness (QED) is 0.327. The maximum absolute atomic E-state index is 14.5. The maximum atomic E-state index is 14.5. The predicted molar refractivity (Wildman–Crippen MR) is 121 cm³/mol. The highest BCUT2D eigenvalue weighted by molar-refractivity contribution is 7.92. The topological polar surface area (TPSA) is 58.2 Å². The van der Waals surface area contributed by atoms with E-state index in [1.165, 1.54) is 24.3 Å². The highest BCUT2D eigenvalue weighted by atomic mass is 32.2. The fourth-order valence-corrected chi connectivity index (χ4v) is 5.83. The normalized spacial score (nSPS) is 21.5. The lowest BCUT2D eigenvalue weighted by atomic mass is 9.77. The summed E-state index contributed by atoms with van der Waals surface area (Å²) in [6.45, 7) is 0. The van der Waals surface area contributed by atoms with Gasteiger partial charge in [-0.3, -0.25) is 4.72 Å². The molecule has 0 spiro atoms. The van der Waals surface area contributed by atoms with Gasteiger partial charge in [0.2, 0.25) is 0 Å². The molecular weight excluding hydrogens is 468 g/mol. The van der Waals surface area contributed by atoms with Gasteiger partial charge >= 0.3 is 6.18 Å². The average molecular weight is 489 g/mol. The fraction of sp³-hybridized carbons (Fsp3) is 0.200. The van der Waals surface area contributed by atoms with Crippen LogP contribution in [0, 0.1) is 11.7 Å². The second kappa shape index (κ2) is 8.16. The first-order valence-corrected chi connectivity index (χ1v) is 12.1. The fourth-order valence-electron chi connectivity index (χ4n) is 4.75. The molecule has 9 heteroatoms. The summed E-state index contributed by atoms with van der Waals surface area (Å²) in [5.74, 6) is -0.429. The van der Waals surface area contributed by atoms with E-state index in [0.717, 1.165) is 23.8 Å². The van der Waals surface area contributed by atoms with E-state index in [-0.39, 0.29) is 34.3 Å². The minimum atomic E-state index is -4.59. The van der Waals surface area contributed by atoms with Crippen molar-refractivity contribution in [1.29, 1.82) is 0 Å². The monoisotopic (exact) mass is 488 g/mol. The molecule has 2 N–H and O–H groups in total. The van der Waals surface area contributed by atoms with Gasteiger partial charge in [0.05, 0.1) is 16.5 Å². The minimum absolute atomic E-state index is 0.00113. The predicted octanol–water partition coefficient (Wildman–Crippen LogP) is 6.47. The summed E-state index contributed by atoms with van der Waals surface area (Å²) >= 11 is 0. The Labute approximate surface area is 194 Å². The molecule has 0 amide bonds. The van der Waals surface area contributed by atoms with Crippen LogP contribution in [0.2, 0.25) is 0 Å². The Balaban J connectivity index is 1.47. The molecule has 2 aliphatic rings. The molecular formula is C25H20F4N2O2S. The largest absolute Gasteiger partial charge is 0.416 e. The van der Waals surface area contributed by atoms with Crippen molar-refractivity contribution in [1.82, 2.24) is 0 Å². The van der Waals surface area contributed by atoms with Crippen molar-refractivity contribution in [3.8, 4) is 0 Å². The van der Waals surface area contributed by atoms with E-state index >= 15 is 0 Å². The van der Waals surface area contributed by atoms with Gasteiger partial charge in [-0.25, -0.2) is 12.8 Å². The van der Waals surface area contributed by atoms with Gasteiger partial charge in [0.25, 0.3) is 10.0 Å². The van der Waals surface area contributed by atoms with Crippen LogP contribution in [0.15, 0.2) is 83.8 Å². The molecule has 1 aliphatic carbocycles. The lowest BCUT2D eigenvalue weighted by molar-refractivity contribution is -0.137. The van der Waals surface area contributed by atoms with Gasteiger partial charge in [0.15, 0.2) is 0 Å². The van der Waals surface area contributed by atoms with Crippen LogP contribution in [0.1, 0.15) is 35.1 Å². The van der Waals surface area contributed by atoms with E-state index in [9.17, 15) is 26.0 Å². The third-order valence-electron chi connectivity index (χ3n) is 6.33. The molecule has 0 bridgehead atoms. The van der Waals surface area contributed by atoms with Gasteiger partial charge in [-0.2, -0.15) is 13.2 Å². The molecule has 4 nitrogen and oxygen atoms in total. The van der Waals surface area contributed by atoms with Gasteiger partial charge in [0, 0.05) is 22.9 Å². The number of sulfonamides is 1. The number of alkyl halides is 3. The summed E-state index contributed by atoms with van der Waals surface area (Å²) in [7, 11) is -4.14. The molecule has 0 radical (unpaired) electrons. The zero-order valence-corrected chi connectivity index (χ0v) is 18.5. The van der Waals surface area contributed by atoms with Crippen molar-refractivity contribution >= 4 is 21.4 Å². The molecule has 1 aliphatic heterocycles. The number of halogens is 4. The standard InChI is InChI=1S/C25H20F4N2O2S/c26-22-10-2-1-7-20(22)24-19-9-4-8-18(19)21-14-17(11-12-23(21)30-24)34(32,33)31-16-6-3-5-15(13-16)25(27,28)29/h1-8,10-14,18-19,24,30-31H,9H2/t18-,19+,24-/m0/s1. The highest BCUT2D eigenvalue weighted by Crippen LogP contribution is 2.50. The van der Waals surface area contributed by atoms with Crippen molar-refractivity contribution in [2.45, 2.75) is 29.5 Å². The van der Waals surface area contributed by atoms with E-state index in [2.05, 4.69) is 10.0 Å². The van der Waals surface area contributed by atoms with E-state index in [1.54, 1.807) is 24.3 Å². The zero-order valence-electron chi connectivity index (χ0n) is 17.7. The number of hydrogen-bond donors (Lipinski definition) is 2. The van der Waals surface area contributed by atoms with Gasteiger partial charge < -0.3 is 5.32 Å². The van der Waals surface area contributed by atoms with Crippen molar-refractivity contribution in [3.63, 3.8) is 0 Å². The van der Waals surface area contributed by atoms with Crippen LogP contribution in [0.4, 0.5) is 28.9 Å². The number of hydrogen-bond acceptors (Lipinski definition) is 3. The summed E-state index contributed by atoms with van der Waals surface area (Å²) in [6, 6.07) is 14.9. The van der Waals surface area contributed by atoms with E-state index in [1.807, 2.05) is 12.2 Å². The van der Waals surface area contributed by atoms with Gasteiger partial charge in [-0.1, -0.05) is 36.4 Å². The number of fused-ring (bicyclic) bond motifs is 3. The Morgan fingerprint density at radius 2 is 1.74 bits per heavy atom. The Kier molecular flexibility index (Phi) is 5.39. The number of allylic oxidation sites excluding steroid dienone is 2. The second-order valence-electron chi connectivity index (χ2n) is 8.43. The summed E-state index contributed by atoms with van der Waals surface area (Å²) in [5.41, 5.74) is 0.872. The molecule has 0 aromatic heterocycles. The Bertz CT molecular complexity index is 1390. The number of anilines is 2. The van der Waals surface area contributed by atoms with Crippen LogP contribution in [-0.4, -0.2) is 8.42 Å². The summed E-state index contributed by atoms with van der Waals surface area (Å²) < 4.78 is 81.7. The SMILES string of the molecule is O=S(=O)(Nc1cccc(C(F)(F)F)c1)c1ccc2c(c1)[C@H]1C=CC[C@H]1[C@@H](c1ccccc1F)N2. The highest BCUT2D eigenvalue weighted by Gasteiger charge is 2.39. The average Bonchev–Trinajstić information content (AvgIpc) is 3.28. The molecule has 1 heterocycles. The smallest absolute Gasteiger partial charge is 0.378 e. The van der Waals surface area contributed by atoms with Gasteiger partial charge in [0.1, 0.15) is 5.82 Å². The van der Waals surface area contributed by atoms with Crippen LogP contribution >= 0.6 is 0 Å². The minimum Gasteiger partial charge on any atom is -0.378 e. The summed E-state index contributed by atoms with van der Waals surface area (Å²) in [5, 5.41) is 3.36. The number of rotatable bonds is 4. The molecule has 5 rings (SSSR count). The zero-order chi connectivity index (χ0) is 24.1. The number of benzene rings is 3. The Hall–Kier alpha value is -3.33. The molecule has 0 saturated heterocycles. The Morgan fingerprint density at radius 3 is 2.50 bits per heavy atom. The summed E-state index contributed by atoms with van der Waals surface area (Å²) in [6.07, 6.45) is 0.115. The third kappa shape index (κ3) is 4.04. The van der Waals surface area contributed by atoms with Crippen LogP contribution in [0.3, 0.4) is 0 Å². The van der Waals surface area contributed by atoms with Crippen molar-refractivity contribution < 1.29 is 26.0 Å². The molecule has 34 heavy (non-hydrogen) atoms. The molecule has 3 aromatic rings. The van der Waals surface area contributed by atoms with Crippen LogP contribution < -0.4 is 10.0 Å². The van der Waals surface area contributed by atoms with Crippen LogP contribution in [0.25, 0.3) is 0 Å². The van der Waals surface area contributed by atoms with Crippen molar-refractivity contribution in [2.24, 2.45) is 5.92 Å².